The van der Waals surface area contributed by atoms with E-state index in [1.807, 2.05) is 49.4 Å². The summed E-state index contributed by atoms with van der Waals surface area (Å²) < 4.78 is 0. The molecule has 29 heavy (non-hydrogen) atoms. The molecule has 0 saturated carbocycles. The highest BCUT2D eigenvalue weighted by Gasteiger charge is 2.54. The number of aryl methyl sites for hydroxylation is 1. The smallest absolute Gasteiger partial charge is 0.325 e. The van der Waals surface area contributed by atoms with Crippen molar-refractivity contribution in [2.45, 2.75) is 37.8 Å². The lowest BCUT2D eigenvalue weighted by molar-refractivity contribution is -0.135. The summed E-state index contributed by atoms with van der Waals surface area (Å²) in [6.45, 7) is 1.48. The van der Waals surface area contributed by atoms with E-state index in [0.29, 0.717) is 11.4 Å². The van der Waals surface area contributed by atoms with Crippen molar-refractivity contribution < 1.29 is 14.4 Å². The second-order valence-corrected chi connectivity index (χ2v) is 7.96. The van der Waals surface area contributed by atoms with Gasteiger partial charge in [-0.05, 0) is 48.9 Å². The Hall–Kier alpha value is -2.86. The molecule has 0 radical (unpaired) electrons. The summed E-state index contributed by atoms with van der Waals surface area (Å²) in [6.07, 6.45) is 2.20. The summed E-state index contributed by atoms with van der Waals surface area (Å²) in [5.74, 6) is -0.780. The van der Waals surface area contributed by atoms with E-state index in [2.05, 4.69) is 10.6 Å². The van der Waals surface area contributed by atoms with Gasteiger partial charge >= 0.3 is 6.03 Å². The predicted octanol–water partition coefficient (Wildman–Crippen LogP) is 3.30. The Bertz CT molecular complexity index is 993. The van der Waals surface area contributed by atoms with E-state index in [0.717, 1.165) is 34.4 Å². The van der Waals surface area contributed by atoms with Crippen molar-refractivity contribution in [2.24, 2.45) is 0 Å². The number of amides is 4. The Balaban J connectivity index is 1.51. The topological polar surface area (TPSA) is 78.5 Å². The fourth-order valence-electron chi connectivity index (χ4n) is 4.29. The maximum absolute atomic E-state index is 13.2. The van der Waals surface area contributed by atoms with Crippen LogP contribution in [0, 0.1) is 0 Å². The largest absolute Gasteiger partial charge is 0.348 e. The SMILES string of the molecule is C[C@H](NC(=O)CN1C(=O)N[C@@]2(CCCc3ccccc32)C1=O)c1ccccc1Cl. The first-order chi connectivity index (χ1) is 13.9. The number of nitrogens with one attached hydrogen (secondary N) is 2. The highest BCUT2D eigenvalue weighted by molar-refractivity contribution is 6.31. The van der Waals surface area contributed by atoms with Crippen LogP contribution in [-0.4, -0.2) is 29.3 Å². The number of urea groups is 1. The molecule has 2 aromatic rings. The normalized spacial score (nSPS) is 21.7. The van der Waals surface area contributed by atoms with E-state index in [9.17, 15) is 14.4 Å². The van der Waals surface area contributed by atoms with Gasteiger partial charge in [-0.1, -0.05) is 54.1 Å². The maximum atomic E-state index is 13.2. The third-order valence-electron chi connectivity index (χ3n) is 5.70. The van der Waals surface area contributed by atoms with Gasteiger partial charge in [0.2, 0.25) is 5.91 Å². The molecule has 150 valence electrons. The lowest BCUT2D eigenvalue weighted by Gasteiger charge is -2.33. The first-order valence-electron chi connectivity index (χ1n) is 9.68. The molecule has 1 aliphatic heterocycles. The molecule has 1 fully saturated rings. The number of rotatable bonds is 4. The number of hydrogen-bond donors (Lipinski definition) is 2. The molecule has 1 aliphatic carbocycles. The quantitative estimate of drug-likeness (QED) is 0.757. The van der Waals surface area contributed by atoms with Gasteiger partial charge in [0.05, 0.1) is 6.04 Å². The zero-order chi connectivity index (χ0) is 20.6. The number of nitrogens with zero attached hydrogens (tertiary/aromatic N) is 1. The lowest BCUT2D eigenvalue weighted by atomic mass is 9.76. The van der Waals surface area contributed by atoms with Crippen LogP contribution in [0.15, 0.2) is 48.5 Å². The number of halogens is 1. The minimum atomic E-state index is -1.07. The van der Waals surface area contributed by atoms with Gasteiger partial charge in [-0.15, -0.1) is 0 Å². The Labute approximate surface area is 174 Å². The van der Waals surface area contributed by atoms with E-state index in [1.54, 1.807) is 6.07 Å². The zero-order valence-electron chi connectivity index (χ0n) is 16.1. The zero-order valence-corrected chi connectivity index (χ0v) is 16.8. The molecule has 4 amide bonds. The molecule has 0 bridgehead atoms. The molecule has 7 heteroatoms. The number of fused-ring (bicyclic) bond motifs is 2. The van der Waals surface area contributed by atoms with Crippen LogP contribution in [-0.2, 0) is 21.5 Å². The number of carbonyl (C=O) groups excluding carboxylic acids is 3. The van der Waals surface area contributed by atoms with Gasteiger partial charge in [0.1, 0.15) is 12.1 Å². The first kappa shape index (κ1) is 19.5. The molecule has 1 saturated heterocycles. The Kier molecular flexibility index (Phi) is 5.04. The predicted molar refractivity (Wildman–Crippen MR) is 109 cm³/mol. The highest BCUT2D eigenvalue weighted by atomic mass is 35.5. The molecule has 2 aromatic carbocycles. The fraction of sp³-hybridized carbons (Fsp3) is 0.318. The number of hydrogen-bond acceptors (Lipinski definition) is 3. The van der Waals surface area contributed by atoms with Crippen molar-refractivity contribution in [3.63, 3.8) is 0 Å². The minimum absolute atomic E-state index is 0.330. The molecule has 1 heterocycles. The van der Waals surface area contributed by atoms with Crippen LogP contribution < -0.4 is 10.6 Å². The van der Waals surface area contributed by atoms with Crippen molar-refractivity contribution in [1.82, 2.24) is 15.5 Å². The Morgan fingerprint density at radius 2 is 1.93 bits per heavy atom. The van der Waals surface area contributed by atoms with Crippen LogP contribution in [0.3, 0.4) is 0 Å². The third-order valence-corrected chi connectivity index (χ3v) is 6.05. The summed E-state index contributed by atoms with van der Waals surface area (Å²) in [7, 11) is 0. The van der Waals surface area contributed by atoms with Crippen LogP contribution in [0.5, 0.6) is 0 Å². The standard InChI is InChI=1S/C22H22ClN3O3/c1-14(16-9-3-5-11-18(16)23)24-19(27)13-26-20(28)22(25-21(26)29)12-6-8-15-7-2-4-10-17(15)22/h2-5,7,9-11,14H,6,8,12-13H2,1H3,(H,24,27)(H,25,29)/t14-,22+/m0/s1. The van der Waals surface area contributed by atoms with Crippen molar-refractivity contribution in [3.05, 3.63) is 70.2 Å². The average molecular weight is 412 g/mol. The van der Waals surface area contributed by atoms with E-state index >= 15 is 0 Å². The first-order valence-corrected chi connectivity index (χ1v) is 10.1. The number of imide groups is 1. The maximum Gasteiger partial charge on any atom is 0.325 e. The molecular weight excluding hydrogens is 390 g/mol. The summed E-state index contributed by atoms with van der Waals surface area (Å²) in [4.78, 5) is 39.4. The fourth-order valence-corrected chi connectivity index (χ4v) is 4.59. The molecule has 1 spiro atoms. The number of carbonyl (C=O) groups is 3. The van der Waals surface area contributed by atoms with Crippen molar-refractivity contribution >= 4 is 29.4 Å². The van der Waals surface area contributed by atoms with Crippen molar-refractivity contribution in [2.75, 3.05) is 6.54 Å². The monoisotopic (exact) mass is 411 g/mol. The second-order valence-electron chi connectivity index (χ2n) is 7.55. The van der Waals surface area contributed by atoms with E-state index in [4.69, 9.17) is 11.6 Å². The van der Waals surface area contributed by atoms with Gasteiger partial charge < -0.3 is 10.6 Å². The summed E-state index contributed by atoms with van der Waals surface area (Å²) in [5, 5.41) is 6.23. The van der Waals surface area contributed by atoms with Crippen molar-refractivity contribution in [3.8, 4) is 0 Å². The minimum Gasteiger partial charge on any atom is -0.348 e. The van der Waals surface area contributed by atoms with E-state index < -0.39 is 17.5 Å². The van der Waals surface area contributed by atoms with Gasteiger partial charge in [-0.2, -0.15) is 0 Å². The van der Waals surface area contributed by atoms with Crippen LogP contribution in [0.1, 0.15) is 42.5 Å². The Morgan fingerprint density at radius 1 is 1.21 bits per heavy atom. The lowest BCUT2D eigenvalue weighted by Crippen LogP contribution is -2.47. The molecule has 2 N–H and O–H groups in total. The summed E-state index contributed by atoms with van der Waals surface area (Å²) >= 11 is 6.18. The van der Waals surface area contributed by atoms with Gasteiger partial charge in [-0.3, -0.25) is 14.5 Å². The average Bonchev–Trinajstić information content (AvgIpc) is 2.93. The second kappa shape index (κ2) is 7.52. The van der Waals surface area contributed by atoms with Crippen LogP contribution in [0.2, 0.25) is 5.02 Å². The van der Waals surface area contributed by atoms with Gasteiger partial charge in [-0.25, -0.2) is 4.79 Å². The summed E-state index contributed by atoms with van der Waals surface area (Å²) in [5.41, 5.74) is 1.60. The molecule has 0 unspecified atom stereocenters. The molecule has 2 atom stereocenters. The Morgan fingerprint density at radius 3 is 2.72 bits per heavy atom. The van der Waals surface area contributed by atoms with E-state index in [1.165, 1.54) is 0 Å². The molecule has 6 nitrogen and oxygen atoms in total. The van der Waals surface area contributed by atoms with Gasteiger partial charge in [0.15, 0.2) is 0 Å². The molecule has 2 aliphatic rings. The molecule has 0 aromatic heterocycles. The van der Waals surface area contributed by atoms with Crippen LogP contribution in [0.4, 0.5) is 4.79 Å². The van der Waals surface area contributed by atoms with Gasteiger partial charge in [0.25, 0.3) is 5.91 Å². The molecular formula is C22H22ClN3O3. The third kappa shape index (κ3) is 3.38. The van der Waals surface area contributed by atoms with Gasteiger partial charge in [0, 0.05) is 5.02 Å². The molecule has 4 rings (SSSR count). The number of benzene rings is 2. The van der Waals surface area contributed by atoms with Crippen LogP contribution >= 0.6 is 11.6 Å². The van der Waals surface area contributed by atoms with E-state index in [-0.39, 0.29) is 18.5 Å². The highest BCUT2D eigenvalue weighted by Crippen LogP contribution is 2.39. The van der Waals surface area contributed by atoms with Crippen LogP contribution in [0.25, 0.3) is 0 Å². The van der Waals surface area contributed by atoms with Crippen molar-refractivity contribution in [1.29, 1.82) is 0 Å². The summed E-state index contributed by atoms with van der Waals surface area (Å²) in [6, 6.07) is 14.0.